The van der Waals surface area contributed by atoms with Crippen molar-refractivity contribution >= 4 is 28.9 Å². The number of nitro benzene ring substituents is 1. The van der Waals surface area contributed by atoms with Crippen LogP contribution in [0, 0.1) is 10.1 Å². The Bertz CT molecular complexity index is 387. The number of benzene rings is 1. The molecule has 0 atom stereocenters. The quantitative estimate of drug-likeness (QED) is 0.333. The molecule has 0 aliphatic rings. The summed E-state index contributed by atoms with van der Waals surface area (Å²) in [6, 6.07) is 4.03. The zero-order valence-electron chi connectivity index (χ0n) is 8.90. The Balaban J connectivity index is 2.51. The van der Waals surface area contributed by atoms with Crippen LogP contribution < -0.4 is 4.74 Å². The zero-order valence-corrected chi connectivity index (χ0v) is 10.4. The van der Waals surface area contributed by atoms with Crippen molar-refractivity contribution in [2.45, 2.75) is 0 Å². The fraction of sp³-hybridized carbons (Fsp3) is 0.400. The van der Waals surface area contributed by atoms with Crippen LogP contribution in [0.3, 0.4) is 0 Å². The van der Waals surface area contributed by atoms with Gasteiger partial charge < -0.3 is 9.47 Å². The molecule has 0 unspecified atom stereocenters. The SMILES string of the molecule is O=[N+]([O-])c1ccc(Cl)c(OCCOCCCl)c1. The molecule has 1 rings (SSSR count). The molecule has 5 nitrogen and oxygen atoms in total. The number of non-ortho nitro benzene ring substituents is 1. The van der Waals surface area contributed by atoms with E-state index in [0.717, 1.165) is 0 Å². The molecule has 0 spiro atoms. The fourth-order valence-corrected chi connectivity index (χ4v) is 1.36. The van der Waals surface area contributed by atoms with Gasteiger partial charge in [-0.15, -0.1) is 11.6 Å². The molecule has 0 N–H and O–H groups in total. The molecule has 0 aliphatic carbocycles. The van der Waals surface area contributed by atoms with Crippen LogP contribution in [0.2, 0.25) is 5.02 Å². The van der Waals surface area contributed by atoms with Gasteiger partial charge in [-0.2, -0.15) is 0 Å². The van der Waals surface area contributed by atoms with E-state index < -0.39 is 4.92 Å². The van der Waals surface area contributed by atoms with Gasteiger partial charge in [-0.25, -0.2) is 0 Å². The number of nitro groups is 1. The van der Waals surface area contributed by atoms with E-state index in [1.807, 2.05) is 0 Å². The van der Waals surface area contributed by atoms with Crippen molar-refractivity contribution in [3.63, 3.8) is 0 Å². The van der Waals surface area contributed by atoms with Gasteiger partial charge in [-0.1, -0.05) is 11.6 Å². The maximum Gasteiger partial charge on any atom is 0.273 e. The molecule has 7 heteroatoms. The third-order valence-corrected chi connectivity index (χ3v) is 2.30. The highest BCUT2D eigenvalue weighted by Crippen LogP contribution is 2.28. The summed E-state index contributed by atoms with van der Waals surface area (Å²) in [5, 5.41) is 10.9. The van der Waals surface area contributed by atoms with Crippen LogP contribution in [-0.2, 0) is 4.74 Å². The van der Waals surface area contributed by atoms with Crippen molar-refractivity contribution in [3.05, 3.63) is 33.3 Å². The predicted octanol–water partition coefficient (Wildman–Crippen LogP) is 2.88. The molecule has 1 aromatic carbocycles. The lowest BCUT2D eigenvalue weighted by Crippen LogP contribution is -2.08. The molecule has 94 valence electrons. The highest BCUT2D eigenvalue weighted by atomic mass is 35.5. The van der Waals surface area contributed by atoms with E-state index in [2.05, 4.69) is 0 Å². The normalized spacial score (nSPS) is 10.2. The van der Waals surface area contributed by atoms with E-state index in [0.29, 0.717) is 24.1 Å². The van der Waals surface area contributed by atoms with Crippen LogP contribution >= 0.6 is 23.2 Å². The van der Waals surface area contributed by atoms with E-state index in [4.69, 9.17) is 32.7 Å². The van der Waals surface area contributed by atoms with Crippen LogP contribution in [0.25, 0.3) is 0 Å². The Morgan fingerprint density at radius 2 is 2.06 bits per heavy atom. The van der Waals surface area contributed by atoms with Crippen LogP contribution in [0.5, 0.6) is 5.75 Å². The standard InChI is InChI=1S/C10H11Cl2NO4/c11-3-4-16-5-6-17-10-7-8(13(14)15)1-2-9(10)12/h1-2,7H,3-6H2. The minimum absolute atomic E-state index is 0.0638. The van der Waals surface area contributed by atoms with Crippen LogP contribution in [0.1, 0.15) is 0 Å². The van der Waals surface area contributed by atoms with Gasteiger partial charge in [0.15, 0.2) is 0 Å². The summed E-state index contributed by atoms with van der Waals surface area (Å²) in [4.78, 5) is 10.0. The first-order chi connectivity index (χ1) is 8.15. The maximum atomic E-state index is 10.5. The first-order valence-electron chi connectivity index (χ1n) is 4.85. The van der Waals surface area contributed by atoms with Gasteiger partial charge in [0.1, 0.15) is 12.4 Å². The lowest BCUT2D eigenvalue weighted by molar-refractivity contribution is -0.384. The fourth-order valence-electron chi connectivity index (χ4n) is 1.08. The van der Waals surface area contributed by atoms with E-state index in [9.17, 15) is 10.1 Å². The number of alkyl halides is 1. The van der Waals surface area contributed by atoms with Crippen LogP contribution in [0.15, 0.2) is 18.2 Å². The molecule has 0 radical (unpaired) electrons. The lowest BCUT2D eigenvalue weighted by Gasteiger charge is -2.07. The predicted molar refractivity (Wildman–Crippen MR) is 65.1 cm³/mol. The van der Waals surface area contributed by atoms with Gasteiger partial charge in [0.25, 0.3) is 5.69 Å². The molecular weight excluding hydrogens is 269 g/mol. The Hall–Kier alpha value is -1.04. The topological polar surface area (TPSA) is 61.6 Å². The van der Waals surface area contributed by atoms with Crippen molar-refractivity contribution in [2.24, 2.45) is 0 Å². The molecule has 0 fully saturated rings. The molecule has 0 aliphatic heterocycles. The molecule has 17 heavy (non-hydrogen) atoms. The van der Waals surface area contributed by atoms with E-state index >= 15 is 0 Å². The minimum Gasteiger partial charge on any atom is -0.489 e. The smallest absolute Gasteiger partial charge is 0.273 e. The Labute approximate surface area is 108 Å². The lowest BCUT2D eigenvalue weighted by atomic mass is 10.3. The van der Waals surface area contributed by atoms with E-state index in [1.54, 1.807) is 0 Å². The molecular formula is C10H11Cl2NO4. The average molecular weight is 280 g/mol. The molecule has 0 aromatic heterocycles. The van der Waals surface area contributed by atoms with Gasteiger partial charge >= 0.3 is 0 Å². The van der Waals surface area contributed by atoms with Gasteiger partial charge in [0.05, 0.1) is 29.2 Å². The van der Waals surface area contributed by atoms with Gasteiger partial charge in [0, 0.05) is 11.9 Å². The molecule has 0 saturated heterocycles. The molecule has 1 aromatic rings. The van der Waals surface area contributed by atoms with E-state index in [1.165, 1.54) is 18.2 Å². The second kappa shape index (κ2) is 7.32. The summed E-state index contributed by atoms with van der Waals surface area (Å²) in [6.07, 6.45) is 0. The van der Waals surface area contributed by atoms with Crippen molar-refractivity contribution in [1.82, 2.24) is 0 Å². The minimum atomic E-state index is -0.507. The summed E-state index contributed by atoms with van der Waals surface area (Å²) in [7, 11) is 0. The molecule has 0 amide bonds. The van der Waals surface area contributed by atoms with Gasteiger partial charge in [-0.05, 0) is 6.07 Å². The zero-order chi connectivity index (χ0) is 12.7. The third-order valence-electron chi connectivity index (χ3n) is 1.83. The molecule has 0 heterocycles. The number of rotatable bonds is 7. The molecule has 0 saturated carbocycles. The highest BCUT2D eigenvalue weighted by Gasteiger charge is 2.10. The first-order valence-corrected chi connectivity index (χ1v) is 5.77. The summed E-state index contributed by atoms with van der Waals surface area (Å²) in [5.41, 5.74) is -0.0638. The van der Waals surface area contributed by atoms with Gasteiger partial charge in [-0.3, -0.25) is 10.1 Å². The number of hydrogen-bond acceptors (Lipinski definition) is 4. The van der Waals surface area contributed by atoms with Gasteiger partial charge in [0.2, 0.25) is 0 Å². The number of hydrogen-bond donors (Lipinski definition) is 0. The summed E-state index contributed by atoms with van der Waals surface area (Å²) < 4.78 is 10.4. The Morgan fingerprint density at radius 3 is 2.71 bits per heavy atom. The summed E-state index contributed by atoms with van der Waals surface area (Å²) in [5.74, 6) is 0.688. The second-order valence-corrected chi connectivity index (χ2v) is 3.81. The average Bonchev–Trinajstić information content (AvgIpc) is 2.30. The highest BCUT2D eigenvalue weighted by molar-refractivity contribution is 6.32. The number of halogens is 2. The van der Waals surface area contributed by atoms with Crippen molar-refractivity contribution in [1.29, 1.82) is 0 Å². The van der Waals surface area contributed by atoms with E-state index in [-0.39, 0.29) is 18.0 Å². The summed E-state index contributed by atoms with van der Waals surface area (Å²) in [6.45, 7) is 1.05. The Kier molecular flexibility index (Phi) is 6.04. The largest absolute Gasteiger partial charge is 0.489 e. The second-order valence-electron chi connectivity index (χ2n) is 3.02. The maximum absolute atomic E-state index is 10.5. The monoisotopic (exact) mass is 279 g/mol. The Morgan fingerprint density at radius 1 is 1.29 bits per heavy atom. The van der Waals surface area contributed by atoms with Crippen molar-refractivity contribution in [3.8, 4) is 5.75 Å². The number of nitrogens with zero attached hydrogens (tertiary/aromatic N) is 1. The van der Waals surface area contributed by atoms with Crippen LogP contribution in [-0.4, -0.2) is 30.6 Å². The van der Waals surface area contributed by atoms with Crippen molar-refractivity contribution in [2.75, 3.05) is 25.7 Å². The summed E-state index contributed by atoms with van der Waals surface area (Å²) >= 11 is 11.2. The molecule has 0 bridgehead atoms. The van der Waals surface area contributed by atoms with Crippen molar-refractivity contribution < 1.29 is 14.4 Å². The third kappa shape index (κ3) is 4.77. The number of ether oxygens (including phenoxy) is 2. The van der Waals surface area contributed by atoms with Crippen LogP contribution in [0.4, 0.5) is 5.69 Å². The first kappa shape index (κ1) is 14.0.